The van der Waals surface area contributed by atoms with Crippen LogP contribution in [0.25, 0.3) is 6.08 Å². The lowest BCUT2D eigenvalue weighted by Crippen LogP contribution is -2.28. The molecule has 0 saturated heterocycles. The molecule has 170 valence electrons. The van der Waals surface area contributed by atoms with Crippen molar-refractivity contribution in [3.05, 3.63) is 136 Å². The smallest absolute Gasteiger partial charge is 0.221 e. The molecule has 0 aromatic heterocycles. The van der Waals surface area contributed by atoms with Gasteiger partial charge in [0.15, 0.2) is 0 Å². The van der Waals surface area contributed by atoms with Crippen LogP contribution in [0.2, 0.25) is 0 Å². The van der Waals surface area contributed by atoms with E-state index in [0.29, 0.717) is 5.84 Å². The summed E-state index contributed by atoms with van der Waals surface area (Å²) in [5.41, 5.74) is 4.51. The SMILES string of the molecule is Cc1ccc(N=C(NC(=Cc2ccccc2)S(=O)(=O)c2ccccc2)c2ccc(C)cc2)cc1. The van der Waals surface area contributed by atoms with E-state index in [1.54, 1.807) is 36.4 Å². The maximum atomic E-state index is 13.7. The third kappa shape index (κ3) is 5.69. The summed E-state index contributed by atoms with van der Waals surface area (Å²) in [6, 6.07) is 33.4. The topological polar surface area (TPSA) is 58.5 Å². The number of aliphatic imine (C=N–C) groups is 1. The van der Waals surface area contributed by atoms with Gasteiger partial charge in [0, 0.05) is 5.56 Å². The fourth-order valence-electron chi connectivity index (χ4n) is 3.35. The van der Waals surface area contributed by atoms with Gasteiger partial charge in [-0.15, -0.1) is 0 Å². The van der Waals surface area contributed by atoms with Crippen molar-refractivity contribution in [1.82, 2.24) is 5.32 Å². The van der Waals surface area contributed by atoms with Crippen molar-refractivity contribution in [2.45, 2.75) is 18.7 Å². The van der Waals surface area contributed by atoms with Crippen LogP contribution >= 0.6 is 0 Å². The van der Waals surface area contributed by atoms with Gasteiger partial charge in [-0.25, -0.2) is 13.4 Å². The number of nitrogens with zero attached hydrogens (tertiary/aromatic N) is 1. The molecule has 34 heavy (non-hydrogen) atoms. The van der Waals surface area contributed by atoms with E-state index in [2.05, 4.69) is 5.32 Å². The molecule has 0 bridgehead atoms. The van der Waals surface area contributed by atoms with Crippen molar-refractivity contribution in [3.63, 3.8) is 0 Å². The second kappa shape index (κ2) is 10.3. The number of nitrogens with one attached hydrogen (secondary N) is 1. The first kappa shape index (κ1) is 23.2. The minimum absolute atomic E-state index is 0.0522. The second-order valence-corrected chi connectivity index (χ2v) is 9.94. The first-order chi connectivity index (χ1) is 16.4. The fourth-order valence-corrected chi connectivity index (χ4v) is 4.64. The Bertz CT molecular complexity index is 1410. The zero-order valence-electron chi connectivity index (χ0n) is 19.1. The molecule has 0 amide bonds. The molecule has 1 N–H and O–H groups in total. The highest BCUT2D eigenvalue weighted by Gasteiger charge is 2.22. The summed E-state index contributed by atoms with van der Waals surface area (Å²) in [6.45, 7) is 4.02. The Labute approximate surface area is 201 Å². The van der Waals surface area contributed by atoms with Gasteiger partial charge >= 0.3 is 0 Å². The number of aryl methyl sites for hydroxylation is 2. The largest absolute Gasteiger partial charge is 0.330 e. The lowest BCUT2D eigenvalue weighted by molar-refractivity contribution is 0.600. The third-order valence-electron chi connectivity index (χ3n) is 5.28. The molecule has 0 aliphatic heterocycles. The monoisotopic (exact) mass is 466 g/mol. The van der Waals surface area contributed by atoms with E-state index in [4.69, 9.17) is 4.99 Å². The summed E-state index contributed by atoms with van der Waals surface area (Å²) < 4.78 is 27.3. The van der Waals surface area contributed by atoms with Crippen LogP contribution in [0.1, 0.15) is 22.3 Å². The first-order valence-corrected chi connectivity index (χ1v) is 12.5. The average Bonchev–Trinajstić information content (AvgIpc) is 2.86. The molecule has 5 heteroatoms. The van der Waals surface area contributed by atoms with Gasteiger partial charge in [0.2, 0.25) is 9.84 Å². The standard InChI is InChI=1S/C29H26N2O2S/c1-22-13-17-25(18-14-22)29(30-26-19-15-23(2)16-20-26)31-28(21-24-9-5-3-6-10-24)34(32,33)27-11-7-4-8-12-27/h3-21H,1-2H3,(H,30,31). The highest BCUT2D eigenvalue weighted by atomic mass is 32.2. The molecule has 0 spiro atoms. The van der Waals surface area contributed by atoms with Crippen molar-refractivity contribution < 1.29 is 8.42 Å². The number of benzene rings is 4. The summed E-state index contributed by atoms with van der Waals surface area (Å²) in [5, 5.41) is 3.22. The van der Waals surface area contributed by atoms with Gasteiger partial charge in [0.1, 0.15) is 10.9 Å². The maximum Gasteiger partial charge on any atom is 0.221 e. The summed E-state index contributed by atoms with van der Waals surface area (Å²) >= 11 is 0. The molecule has 4 aromatic rings. The molecule has 0 saturated carbocycles. The molecule has 4 aromatic carbocycles. The molecule has 0 aliphatic carbocycles. The van der Waals surface area contributed by atoms with E-state index in [-0.39, 0.29) is 9.92 Å². The quantitative estimate of drug-likeness (QED) is 0.263. The first-order valence-electron chi connectivity index (χ1n) is 11.0. The Balaban J connectivity index is 1.85. The molecule has 0 fully saturated rings. The maximum absolute atomic E-state index is 13.7. The summed E-state index contributed by atoms with van der Waals surface area (Å²) in [4.78, 5) is 5.00. The van der Waals surface area contributed by atoms with E-state index < -0.39 is 9.84 Å². The molecule has 0 radical (unpaired) electrons. The van der Waals surface area contributed by atoms with Gasteiger partial charge in [0.25, 0.3) is 0 Å². The molecule has 0 heterocycles. The van der Waals surface area contributed by atoms with Crippen LogP contribution in [0, 0.1) is 13.8 Å². The Morgan fingerprint density at radius 2 is 1.24 bits per heavy atom. The van der Waals surface area contributed by atoms with Gasteiger partial charge in [0.05, 0.1) is 10.6 Å². The van der Waals surface area contributed by atoms with Crippen LogP contribution in [0.15, 0.2) is 124 Å². The van der Waals surface area contributed by atoms with Crippen LogP contribution in [-0.4, -0.2) is 14.3 Å². The van der Waals surface area contributed by atoms with Crippen LogP contribution in [0.4, 0.5) is 5.69 Å². The Morgan fingerprint density at radius 1 is 0.706 bits per heavy atom. The molecular weight excluding hydrogens is 440 g/mol. The summed E-state index contributed by atoms with van der Waals surface area (Å²) in [5.74, 6) is 0.450. The van der Waals surface area contributed by atoms with E-state index in [1.165, 1.54) is 0 Å². The summed E-state index contributed by atoms with van der Waals surface area (Å²) in [6.07, 6.45) is 1.64. The lowest BCUT2D eigenvalue weighted by Gasteiger charge is -2.15. The zero-order valence-corrected chi connectivity index (χ0v) is 20.0. The van der Waals surface area contributed by atoms with Crippen LogP contribution in [-0.2, 0) is 9.84 Å². The molecular formula is C29H26N2O2S. The molecule has 0 atom stereocenters. The predicted octanol–water partition coefficient (Wildman–Crippen LogP) is 6.44. The molecule has 0 unspecified atom stereocenters. The van der Waals surface area contributed by atoms with Gasteiger partial charge < -0.3 is 5.32 Å². The molecule has 4 nitrogen and oxygen atoms in total. The highest BCUT2D eigenvalue weighted by Crippen LogP contribution is 2.22. The van der Waals surface area contributed by atoms with Crippen LogP contribution in [0.5, 0.6) is 0 Å². The lowest BCUT2D eigenvalue weighted by atomic mass is 10.1. The van der Waals surface area contributed by atoms with Gasteiger partial charge in [-0.05, 0) is 49.8 Å². The van der Waals surface area contributed by atoms with Gasteiger partial charge in [-0.2, -0.15) is 0 Å². The van der Waals surface area contributed by atoms with Crippen molar-refractivity contribution in [2.24, 2.45) is 4.99 Å². The van der Waals surface area contributed by atoms with Gasteiger partial charge in [-0.3, -0.25) is 0 Å². The molecule has 0 aliphatic rings. The number of sulfone groups is 1. The number of hydrogen-bond acceptors (Lipinski definition) is 3. The fraction of sp³-hybridized carbons (Fsp3) is 0.0690. The van der Waals surface area contributed by atoms with Crippen molar-refractivity contribution >= 4 is 27.4 Å². The Hall–Kier alpha value is -3.96. The van der Waals surface area contributed by atoms with Crippen LogP contribution < -0.4 is 5.32 Å². The van der Waals surface area contributed by atoms with E-state index in [0.717, 1.165) is 27.9 Å². The number of rotatable bonds is 6. The van der Waals surface area contributed by atoms with Gasteiger partial charge in [-0.1, -0.05) is 96.1 Å². The predicted molar refractivity (Wildman–Crippen MR) is 140 cm³/mol. The normalized spacial score (nSPS) is 12.4. The van der Waals surface area contributed by atoms with Crippen molar-refractivity contribution in [2.75, 3.05) is 0 Å². The van der Waals surface area contributed by atoms with Crippen LogP contribution in [0.3, 0.4) is 0 Å². The van der Waals surface area contributed by atoms with E-state index in [9.17, 15) is 8.42 Å². The minimum atomic E-state index is -3.84. The highest BCUT2D eigenvalue weighted by molar-refractivity contribution is 7.95. The minimum Gasteiger partial charge on any atom is -0.330 e. The number of hydrogen-bond donors (Lipinski definition) is 1. The number of amidine groups is 1. The zero-order chi connectivity index (χ0) is 24.0. The Kier molecular flexibility index (Phi) is 7.04. The van der Waals surface area contributed by atoms with E-state index >= 15 is 0 Å². The third-order valence-corrected chi connectivity index (χ3v) is 6.97. The Morgan fingerprint density at radius 3 is 1.82 bits per heavy atom. The second-order valence-electron chi connectivity index (χ2n) is 8.02. The summed E-state index contributed by atoms with van der Waals surface area (Å²) in [7, 11) is -3.84. The van der Waals surface area contributed by atoms with Crippen molar-refractivity contribution in [3.8, 4) is 0 Å². The average molecular weight is 467 g/mol. The van der Waals surface area contributed by atoms with Crippen molar-refractivity contribution in [1.29, 1.82) is 0 Å². The molecule has 4 rings (SSSR count). The van der Waals surface area contributed by atoms with E-state index in [1.807, 2.05) is 92.7 Å².